The van der Waals surface area contributed by atoms with E-state index in [2.05, 4.69) is 5.32 Å². The zero-order chi connectivity index (χ0) is 24.9. The molecule has 1 saturated heterocycles. The highest BCUT2D eigenvalue weighted by atomic mass is 16.6. The van der Waals surface area contributed by atoms with E-state index >= 15 is 0 Å². The molecule has 1 aliphatic heterocycles. The maximum Gasteiger partial charge on any atom is 0.330 e. The first-order valence-corrected chi connectivity index (χ1v) is 11.4. The number of hydrogen-bond donors (Lipinski definition) is 2. The van der Waals surface area contributed by atoms with Crippen LogP contribution >= 0.6 is 0 Å². The average molecular weight is 477 g/mol. The first-order valence-electron chi connectivity index (χ1n) is 11.4. The molecule has 1 aromatic carbocycles. The Kier molecular flexibility index (Phi) is 10.9. The molecule has 0 aliphatic carbocycles. The Morgan fingerprint density at radius 3 is 2.29 bits per heavy atom. The van der Waals surface area contributed by atoms with Gasteiger partial charge in [0.1, 0.15) is 18.1 Å². The van der Waals surface area contributed by atoms with E-state index < -0.39 is 23.8 Å². The number of esters is 2. The quantitative estimate of drug-likeness (QED) is 0.213. The van der Waals surface area contributed by atoms with Crippen molar-refractivity contribution in [3.8, 4) is 11.5 Å². The van der Waals surface area contributed by atoms with Gasteiger partial charge in [0.15, 0.2) is 0 Å². The maximum absolute atomic E-state index is 12.3. The number of ether oxygens (including phenoxy) is 3. The molecule has 0 atom stereocenters. The van der Waals surface area contributed by atoms with Gasteiger partial charge in [0.25, 0.3) is 0 Å². The van der Waals surface area contributed by atoms with E-state index in [0.717, 1.165) is 32.4 Å². The van der Waals surface area contributed by atoms with Gasteiger partial charge in [-0.3, -0.25) is 19.2 Å². The van der Waals surface area contributed by atoms with Crippen molar-refractivity contribution in [3.05, 3.63) is 29.8 Å². The van der Waals surface area contributed by atoms with Crippen LogP contribution in [0.3, 0.4) is 0 Å². The monoisotopic (exact) mass is 476 g/mol. The predicted octanol–water partition coefficient (Wildman–Crippen LogP) is 1.66. The van der Waals surface area contributed by atoms with Gasteiger partial charge in [0.2, 0.25) is 17.7 Å². The molecule has 1 heterocycles. The molecule has 0 unspecified atom stereocenters. The molecule has 0 radical (unpaired) electrons. The van der Waals surface area contributed by atoms with Crippen LogP contribution in [0.1, 0.15) is 38.7 Å². The second kappa shape index (κ2) is 13.9. The van der Waals surface area contributed by atoms with Gasteiger partial charge < -0.3 is 29.5 Å². The summed E-state index contributed by atoms with van der Waals surface area (Å²) in [5, 5.41) is 12.7. The van der Waals surface area contributed by atoms with E-state index in [1.165, 1.54) is 12.1 Å². The third-order valence-electron chi connectivity index (χ3n) is 5.05. The van der Waals surface area contributed by atoms with Crippen molar-refractivity contribution < 1.29 is 38.5 Å². The van der Waals surface area contributed by atoms with Crippen LogP contribution in [0.15, 0.2) is 24.3 Å². The normalized spacial score (nSPS) is 13.6. The number of rotatable bonds is 11. The van der Waals surface area contributed by atoms with Gasteiger partial charge in [0, 0.05) is 30.8 Å². The molecular weight excluding hydrogens is 444 g/mol. The van der Waals surface area contributed by atoms with Crippen LogP contribution in [0.5, 0.6) is 11.5 Å². The molecule has 2 amide bonds. The second-order valence-electron chi connectivity index (χ2n) is 7.52. The Bertz CT molecular complexity index is 875. The maximum atomic E-state index is 12.3. The molecule has 34 heavy (non-hydrogen) atoms. The molecular formula is C24H32N2O8. The van der Waals surface area contributed by atoms with Gasteiger partial charge in [0.05, 0.1) is 19.8 Å². The van der Waals surface area contributed by atoms with Gasteiger partial charge in [-0.2, -0.15) is 0 Å². The van der Waals surface area contributed by atoms with Gasteiger partial charge in [-0.05, 0) is 51.3 Å². The smallest absolute Gasteiger partial charge is 0.330 e. The lowest BCUT2D eigenvalue weighted by molar-refractivity contribution is -0.164. The number of aromatic hydroxyl groups is 1. The van der Waals surface area contributed by atoms with Crippen LogP contribution < -0.4 is 10.1 Å². The number of phenols is 1. The standard InChI is InChI=1S/C24H32N2O8/c1-3-32-23(30)21(24(31)33-4-2)22(29)25-12-15-34-18-10-8-17(19(27)16-18)9-11-20(28)26-13-6-5-7-14-26/h8-11,16,21,27H,3-7,12-15H2,1-2H3,(H,25,29)/b11-9+. The largest absolute Gasteiger partial charge is 0.507 e. The van der Waals surface area contributed by atoms with E-state index in [9.17, 15) is 24.3 Å². The molecule has 2 N–H and O–H groups in total. The van der Waals surface area contributed by atoms with Crippen molar-refractivity contribution in [1.82, 2.24) is 10.2 Å². The molecule has 0 aromatic heterocycles. The summed E-state index contributed by atoms with van der Waals surface area (Å²) in [6.45, 7) is 4.69. The fourth-order valence-corrected chi connectivity index (χ4v) is 3.34. The van der Waals surface area contributed by atoms with Crippen molar-refractivity contribution in [2.24, 2.45) is 5.92 Å². The summed E-state index contributed by atoms with van der Waals surface area (Å²) in [5.41, 5.74) is 0.470. The third-order valence-corrected chi connectivity index (χ3v) is 5.05. The molecule has 186 valence electrons. The van der Waals surface area contributed by atoms with E-state index in [1.807, 2.05) is 0 Å². The van der Waals surface area contributed by atoms with Crippen LogP contribution in [0.4, 0.5) is 0 Å². The first-order chi connectivity index (χ1) is 16.4. The van der Waals surface area contributed by atoms with Crippen LogP contribution in [0.25, 0.3) is 6.08 Å². The molecule has 0 spiro atoms. The molecule has 0 saturated carbocycles. The number of amides is 2. The minimum absolute atomic E-state index is 0.000889. The molecule has 0 bridgehead atoms. The third kappa shape index (κ3) is 8.09. The van der Waals surface area contributed by atoms with E-state index in [1.54, 1.807) is 37.0 Å². The summed E-state index contributed by atoms with van der Waals surface area (Å²) < 4.78 is 15.0. The van der Waals surface area contributed by atoms with Crippen LogP contribution in [-0.2, 0) is 28.7 Å². The summed E-state index contributed by atoms with van der Waals surface area (Å²) in [5.74, 6) is -4.31. The first kappa shape index (κ1) is 26.7. The number of carbonyl (C=O) groups is 4. The van der Waals surface area contributed by atoms with Crippen molar-refractivity contribution in [2.75, 3.05) is 39.5 Å². The predicted molar refractivity (Wildman–Crippen MR) is 123 cm³/mol. The van der Waals surface area contributed by atoms with Crippen molar-refractivity contribution in [2.45, 2.75) is 33.1 Å². The lowest BCUT2D eigenvalue weighted by atomic mass is 10.1. The number of hydrogen-bond acceptors (Lipinski definition) is 8. The highest BCUT2D eigenvalue weighted by molar-refractivity contribution is 6.14. The minimum Gasteiger partial charge on any atom is -0.507 e. The Balaban J connectivity index is 1.85. The summed E-state index contributed by atoms with van der Waals surface area (Å²) in [6.07, 6.45) is 6.14. The molecule has 1 fully saturated rings. The van der Waals surface area contributed by atoms with E-state index in [4.69, 9.17) is 14.2 Å². The zero-order valence-corrected chi connectivity index (χ0v) is 19.6. The van der Waals surface area contributed by atoms with Crippen LogP contribution in [-0.4, -0.2) is 73.2 Å². The second-order valence-corrected chi connectivity index (χ2v) is 7.52. The van der Waals surface area contributed by atoms with Crippen molar-refractivity contribution in [1.29, 1.82) is 0 Å². The average Bonchev–Trinajstić information content (AvgIpc) is 2.82. The molecule has 1 aliphatic rings. The molecule has 1 aromatic rings. The van der Waals surface area contributed by atoms with Crippen LogP contribution in [0.2, 0.25) is 0 Å². The number of phenolic OH excluding ortho intramolecular Hbond substituents is 1. The SMILES string of the molecule is CCOC(=O)C(C(=O)NCCOc1ccc(/C=C/C(=O)N2CCCCC2)c(O)c1)C(=O)OCC. The zero-order valence-electron chi connectivity index (χ0n) is 19.6. The number of likely N-dealkylation sites (tertiary alicyclic amines) is 1. The molecule has 2 rings (SSSR count). The van der Waals surface area contributed by atoms with Gasteiger partial charge in [-0.25, -0.2) is 0 Å². The fraction of sp³-hybridized carbons (Fsp3) is 0.500. The van der Waals surface area contributed by atoms with E-state index in [0.29, 0.717) is 11.3 Å². The minimum atomic E-state index is -1.71. The highest BCUT2D eigenvalue weighted by Crippen LogP contribution is 2.25. The number of piperidine rings is 1. The lowest BCUT2D eigenvalue weighted by Gasteiger charge is -2.25. The van der Waals surface area contributed by atoms with Crippen LogP contribution in [0, 0.1) is 5.92 Å². The topological polar surface area (TPSA) is 131 Å². The Morgan fingerprint density at radius 1 is 1.06 bits per heavy atom. The Hall–Kier alpha value is -3.56. The summed E-state index contributed by atoms with van der Waals surface area (Å²) >= 11 is 0. The van der Waals surface area contributed by atoms with Gasteiger partial charge >= 0.3 is 11.9 Å². The lowest BCUT2D eigenvalue weighted by Crippen LogP contribution is -2.43. The molecule has 10 nitrogen and oxygen atoms in total. The Labute approximate surface area is 198 Å². The number of nitrogens with one attached hydrogen (secondary N) is 1. The Morgan fingerprint density at radius 2 is 1.71 bits per heavy atom. The van der Waals surface area contributed by atoms with Crippen molar-refractivity contribution >= 4 is 29.8 Å². The summed E-state index contributed by atoms with van der Waals surface area (Å²) in [6, 6.07) is 4.63. The fourth-order valence-electron chi connectivity index (χ4n) is 3.34. The summed E-state index contributed by atoms with van der Waals surface area (Å²) in [4.78, 5) is 50.2. The highest BCUT2D eigenvalue weighted by Gasteiger charge is 2.36. The summed E-state index contributed by atoms with van der Waals surface area (Å²) in [7, 11) is 0. The number of benzene rings is 1. The number of carbonyl (C=O) groups excluding carboxylic acids is 4. The number of nitrogens with zero attached hydrogens (tertiary/aromatic N) is 1. The van der Waals surface area contributed by atoms with Gasteiger partial charge in [-0.15, -0.1) is 0 Å². The van der Waals surface area contributed by atoms with Crippen molar-refractivity contribution in [3.63, 3.8) is 0 Å². The van der Waals surface area contributed by atoms with Gasteiger partial charge in [-0.1, -0.05) is 0 Å². The van der Waals surface area contributed by atoms with E-state index in [-0.39, 0.29) is 38.0 Å². The molecule has 10 heteroatoms.